The number of carbonyl (C=O) groups is 1. The predicted octanol–water partition coefficient (Wildman–Crippen LogP) is 2.04. The Morgan fingerprint density at radius 1 is 1.45 bits per heavy atom. The average Bonchev–Trinajstić information content (AvgIpc) is 2.81. The first kappa shape index (κ1) is 14.5. The van der Waals surface area contributed by atoms with Crippen LogP contribution in [-0.2, 0) is 17.8 Å². The summed E-state index contributed by atoms with van der Waals surface area (Å²) in [5.74, 6) is -1.18. The quantitative estimate of drug-likeness (QED) is 0.810. The van der Waals surface area contributed by atoms with Crippen molar-refractivity contribution in [2.45, 2.75) is 32.7 Å². The van der Waals surface area contributed by atoms with E-state index < -0.39 is 11.9 Å². The summed E-state index contributed by atoms with van der Waals surface area (Å²) in [6.07, 6.45) is 1.78. The van der Waals surface area contributed by atoms with Gasteiger partial charge in [0.15, 0.2) is 0 Å². The molecule has 2 rings (SSSR count). The van der Waals surface area contributed by atoms with Gasteiger partial charge in [-0.3, -0.25) is 9.48 Å². The van der Waals surface area contributed by atoms with Gasteiger partial charge in [0.25, 0.3) is 0 Å². The number of benzene rings is 1. The molecule has 20 heavy (non-hydrogen) atoms. The molecule has 0 bridgehead atoms. The molecule has 0 radical (unpaired) electrons. The van der Waals surface area contributed by atoms with Crippen molar-refractivity contribution in [3.63, 3.8) is 0 Å². The maximum absolute atomic E-state index is 11.3. The summed E-state index contributed by atoms with van der Waals surface area (Å²) in [4.78, 5) is 11.3. The Balaban J connectivity index is 2.30. The summed E-state index contributed by atoms with van der Waals surface area (Å²) in [5, 5.41) is 14.9. The van der Waals surface area contributed by atoms with Gasteiger partial charge in [0.2, 0.25) is 0 Å². The summed E-state index contributed by atoms with van der Waals surface area (Å²) >= 11 is 0. The molecular weight excluding hydrogens is 254 g/mol. The molecule has 0 spiro atoms. The largest absolute Gasteiger partial charge is 0.481 e. The molecule has 0 saturated heterocycles. The van der Waals surface area contributed by atoms with Gasteiger partial charge in [-0.05, 0) is 32.4 Å². The van der Waals surface area contributed by atoms with Crippen LogP contribution in [-0.4, -0.2) is 27.4 Å². The molecule has 0 aliphatic rings. The Bertz CT molecular complexity index is 592. The highest BCUT2D eigenvalue weighted by molar-refractivity contribution is 5.82. The monoisotopic (exact) mass is 275 g/mol. The topological polar surface area (TPSA) is 81.1 Å². The first-order chi connectivity index (χ1) is 9.67. The van der Waals surface area contributed by atoms with Crippen molar-refractivity contribution in [2.24, 2.45) is 11.7 Å². The van der Waals surface area contributed by atoms with Crippen molar-refractivity contribution in [3.05, 3.63) is 30.0 Å². The number of nitrogens with zero attached hydrogens (tertiary/aromatic N) is 2. The molecule has 0 saturated carbocycles. The van der Waals surface area contributed by atoms with E-state index in [0.29, 0.717) is 19.4 Å². The number of fused-ring (bicyclic) bond motifs is 1. The molecule has 1 unspecified atom stereocenters. The van der Waals surface area contributed by atoms with Gasteiger partial charge in [0.05, 0.1) is 17.1 Å². The predicted molar refractivity (Wildman–Crippen MR) is 78.5 cm³/mol. The standard InChI is InChI=1S/C15H21N3O2/c1-2-18-14-8-4-3-7-12(14)13(17-18)10-11(15(19)20)6-5-9-16/h3-4,7-8,11H,2,5-6,9-10,16H2,1H3,(H,19,20). The van der Waals surface area contributed by atoms with Gasteiger partial charge in [-0.2, -0.15) is 5.10 Å². The molecule has 5 heteroatoms. The third kappa shape index (κ3) is 2.99. The molecule has 1 heterocycles. The van der Waals surface area contributed by atoms with Gasteiger partial charge in [-0.25, -0.2) is 0 Å². The second-order valence-corrected chi connectivity index (χ2v) is 4.95. The molecule has 0 amide bonds. The number of hydrogen-bond acceptors (Lipinski definition) is 3. The number of aromatic nitrogens is 2. The van der Waals surface area contributed by atoms with Crippen molar-refractivity contribution in [2.75, 3.05) is 6.54 Å². The Labute approximate surface area is 118 Å². The molecule has 3 N–H and O–H groups in total. The van der Waals surface area contributed by atoms with E-state index in [-0.39, 0.29) is 0 Å². The molecule has 0 aliphatic carbocycles. The van der Waals surface area contributed by atoms with Gasteiger partial charge in [-0.15, -0.1) is 0 Å². The zero-order chi connectivity index (χ0) is 14.5. The highest BCUT2D eigenvalue weighted by Gasteiger charge is 2.20. The normalized spacial score (nSPS) is 12.7. The number of nitrogens with two attached hydrogens (primary N) is 1. The molecule has 1 aromatic heterocycles. The number of hydrogen-bond donors (Lipinski definition) is 2. The number of aliphatic carboxylic acids is 1. The van der Waals surface area contributed by atoms with Crippen LogP contribution >= 0.6 is 0 Å². The first-order valence-corrected chi connectivity index (χ1v) is 7.04. The molecule has 0 fully saturated rings. The molecule has 1 aromatic carbocycles. The second kappa shape index (κ2) is 6.52. The minimum absolute atomic E-state index is 0.415. The first-order valence-electron chi connectivity index (χ1n) is 7.04. The Hall–Kier alpha value is -1.88. The molecule has 1 atom stereocenters. The van der Waals surface area contributed by atoms with Crippen molar-refractivity contribution < 1.29 is 9.90 Å². The zero-order valence-corrected chi connectivity index (χ0v) is 11.7. The highest BCUT2D eigenvalue weighted by Crippen LogP contribution is 2.22. The van der Waals surface area contributed by atoms with Crippen molar-refractivity contribution in [3.8, 4) is 0 Å². The fourth-order valence-corrected chi connectivity index (χ4v) is 2.50. The molecule has 108 valence electrons. The van der Waals surface area contributed by atoms with E-state index in [2.05, 4.69) is 5.10 Å². The van der Waals surface area contributed by atoms with Gasteiger partial charge in [0.1, 0.15) is 0 Å². The third-order valence-electron chi connectivity index (χ3n) is 3.58. The van der Waals surface area contributed by atoms with Crippen LogP contribution in [0.1, 0.15) is 25.5 Å². The smallest absolute Gasteiger partial charge is 0.306 e. The van der Waals surface area contributed by atoms with E-state index >= 15 is 0 Å². The van der Waals surface area contributed by atoms with Gasteiger partial charge >= 0.3 is 5.97 Å². The lowest BCUT2D eigenvalue weighted by Gasteiger charge is -2.10. The van der Waals surface area contributed by atoms with E-state index in [1.807, 2.05) is 35.9 Å². The van der Waals surface area contributed by atoms with E-state index in [0.717, 1.165) is 29.6 Å². The minimum atomic E-state index is -0.770. The number of carboxylic acid groups (broad SMARTS) is 1. The van der Waals surface area contributed by atoms with Crippen LogP contribution in [0, 0.1) is 5.92 Å². The maximum atomic E-state index is 11.3. The van der Waals surface area contributed by atoms with Gasteiger partial charge in [0, 0.05) is 18.4 Å². The summed E-state index contributed by atoms with van der Waals surface area (Å²) < 4.78 is 1.92. The molecular formula is C15H21N3O2. The second-order valence-electron chi connectivity index (χ2n) is 4.95. The number of carboxylic acids is 1. The van der Waals surface area contributed by atoms with Crippen LogP contribution in [0.2, 0.25) is 0 Å². The van der Waals surface area contributed by atoms with Crippen molar-refractivity contribution >= 4 is 16.9 Å². The zero-order valence-electron chi connectivity index (χ0n) is 11.7. The minimum Gasteiger partial charge on any atom is -0.481 e. The Morgan fingerprint density at radius 3 is 2.85 bits per heavy atom. The molecule has 5 nitrogen and oxygen atoms in total. The molecule has 2 aromatic rings. The Kier molecular flexibility index (Phi) is 4.74. The summed E-state index contributed by atoms with van der Waals surface area (Å²) in [6, 6.07) is 7.96. The summed E-state index contributed by atoms with van der Waals surface area (Å²) in [5.41, 5.74) is 7.40. The third-order valence-corrected chi connectivity index (χ3v) is 3.58. The lowest BCUT2D eigenvalue weighted by atomic mass is 9.96. The maximum Gasteiger partial charge on any atom is 0.306 e. The fraction of sp³-hybridized carbons (Fsp3) is 0.467. The summed E-state index contributed by atoms with van der Waals surface area (Å²) in [6.45, 7) is 3.33. The van der Waals surface area contributed by atoms with Crippen LogP contribution in [0.15, 0.2) is 24.3 Å². The Morgan fingerprint density at radius 2 is 2.20 bits per heavy atom. The molecule has 0 aliphatic heterocycles. The lowest BCUT2D eigenvalue weighted by Crippen LogP contribution is -2.18. The van der Waals surface area contributed by atoms with Gasteiger partial charge in [-0.1, -0.05) is 18.2 Å². The SMILES string of the molecule is CCn1nc(CC(CCCN)C(=O)O)c2ccccc21. The highest BCUT2D eigenvalue weighted by atomic mass is 16.4. The van der Waals surface area contributed by atoms with Crippen LogP contribution in [0.5, 0.6) is 0 Å². The van der Waals surface area contributed by atoms with Crippen LogP contribution in [0.4, 0.5) is 0 Å². The van der Waals surface area contributed by atoms with Crippen LogP contribution in [0.3, 0.4) is 0 Å². The lowest BCUT2D eigenvalue weighted by molar-refractivity contribution is -0.141. The van der Waals surface area contributed by atoms with Crippen LogP contribution < -0.4 is 5.73 Å². The van der Waals surface area contributed by atoms with Crippen LogP contribution in [0.25, 0.3) is 10.9 Å². The van der Waals surface area contributed by atoms with Gasteiger partial charge < -0.3 is 10.8 Å². The number of rotatable bonds is 7. The van der Waals surface area contributed by atoms with E-state index in [1.54, 1.807) is 0 Å². The average molecular weight is 275 g/mol. The number of aryl methyl sites for hydroxylation is 1. The summed E-state index contributed by atoms with van der Waals surface area (Å²) in [7, 11) is 0. The van der Waals surface area contributed by atoms with Crippen molar-refractivity contribution in [1.82, 2.24) is 9.78 Å². The number of para-hydroxylation sites is 1. The van der Waals surface area contributed by atoms with E-state index in [9.17, 15) is 9.90 Å². The van der Waals surface area contributed by atoms with E-state index in [1.165, 1.54) is 0 Å². The fourth-order valence-electron chi connectivity index (χ4n) is 2.50. The van der Waals surface area contributed by atoms with E-state index in [4.69, 9.17) is 5.73 Å². The van der Waals surface area contributed by atoms with Crippen molar-refractivity contribution in [1.29, 1.82) is 0 Å².